The number of rotatable bonds is 22. The fourth-order valence-electron chi connectivity index (χ4n) is 21.6. The molecular weight excluding hydrogens is 1810 g/mol. The largest absolute Gasteiger partial charge is 0.870 e. The minimum Gasteiger partial charge on any atom is -0.870 e. The van der Waals surface area contributed by atoms with Gasteiger partial charge < -0.3 is 52.9 Å². The molecule has 0 spiro atoms. The number of piperidine rings is 3. The average Bonchev–Trinajstić information content (AvgIpc) is 0.737. The summed E-state index contributed by atoms with van der Waals surface area (Å²) >= 11 is 0. The highest BCUT2D eigenvalue weighted by molar-refractivity contribution is 6.10. The lowest BCUT2D eigenvalue weighted by molar-refractivity contribution is -0.132. The van der Waals surface area contributed by atoms with Crippen LogP contribution in [0.25, 0.3) is 17.1 Å². The number of aliphatic hydroxyl groups is 1. The second kappa shape index (κ2) is 61.6. The number of carbonyl (C=O) groups excluding carboxylic acids is 1. The lowest BCUT2D eigenvalue weighted by Gasteiger charge is -2.49. The molecule has 4 aromatic rings. The molecule has 10 N–H and O–H groups in total. The number of aliphatic imine (C=N–C) groups is 5. The highest BCUT2D eigenvalue weighted by Gasteiger charge is 2.53. The second-order valence-corrected chi connectivity index (χ2v) is 42.0. The topological polar surface area (TPSA) is 458 Å². The number of nitrogens with zero attached hydrogens (tertiary/aromatic N) is 15. The summed E-state index contributed by atoms with van der Waals surface area (Å²) < 4.78 is 0. The number of ketones is 1. The number of aromatic nitrogens is 4. The maximum atomic E-state index is 14.3. The summed E-state index contributed by atoms with van der Waals surface area (Å²) in [7, 11) is 0. The summed E-state index contributed by atoms with van der Waals surface area (Å²) in [5.74, 6) is 11.2. The quantitative estimate of drug-likeness (QED) is 0.0236. The van der Waals surface area contributed by atoms with Gasteiger partial charge in [0.05, 0.1) is 66.1 Å². The molecule has 16 rings (SSSR count). The van der Waals surface area contributed by atoms with Gasteiger partial charge >= 0.3 is 0 Å². The zero-order valence-electron chi connectivity index (χ0n) is 92.7. The molecule has 27 heteroatoms. The first kappa shape index (κ1) is 123. The number of anilines is 4. The first-order valence-corrected chi connectivity index (χ1v) is 55.3. The van der Waals surface area contributed by atoms with Crippen LogP contribution in [0.3, 0.4) is 0 Å². The monoisotopic (exact) mass is 1980 g/mol. The van der Waals surface area contributed by atoms with Gasteiger partial charge in [-0.2, -0.15) is 31.6 Å². The first-order chi connectivity index (χ1) is 68.8. The summed E-state index contributed by atoms with van der Waals surface area (Å²) in [4.78, 5) is 75.3. The average molecular weight is 1980 g/mol. The van der Waals surface area contributed by atoms with Crippen molar-refractivity contribution in [2.45, 2.75) is 402 Å². The van der Waals surface area contributed by atoms with Gasteiger partial charge in [0.2, 0.25) is 0 Å². The number of aliphatic hydroxyl groups excluding tert-OH is 1. The van der Waals surface area contributed by atoms with Crippen LogP contribution in [-0.4, -0.2) is 127 Å². The molecule has 0 aromatic carbocycles. The molecule has 0 amide bonds. The molecule has 792 valence electrons. The highest BCUT2D eigenvalue weighted by Crippen LogP contribution is 2.46. The van der Waals surface area contributed by atoms with Crippen LogP contribution in [0.4, 0.5) is 23.3 Å². The van der Waals surface area contributed by atoms with Crippen LogP contribution in [0.1, 0.15) is 360 Å². The number of hydrogen-bond donors (Lipinski definition) is 8. The predicted octanol–water partition coefficient (Wildman–Crippen LogP) is 23.7. The number of carbonyl (C=O) groups is 1. The Kier molecular flexibility index (Phi) is 52.2. The molecule has 4 aromatic heterocycles. The number of pyridine rings is 4. The van der Waals surface area contributed by atoms with E-state index in [0.717, 1.165) is 160 Å². The zero-order valence-corrected chi connectivity index (χ0v) is 92.7. The van der Waals surface area contributed by atoms with Gasteiger partial charge in [0.1, 0.15) is 64.9 Å². The van der Waals surface area contributed by atoms with Crippen molar-refractivity contribution in [3.8, 4) is 36.4 Å². The number of Topliss-reactive ketones (excluding diaryl/α,β-unsaturated/α-hetero) is 1. The lowest BCUT2D eigenvalue weighted by Crippen LogP contribution is -2.69. The molecule has 0 saturated carbocycles. The summed E-state index contributed by atoms with van der Waals surface area (Å²) in [6.45, 7) is 55.1. The predicted molar refractivity (Wildman–Crippen MR) is 593 cm³/mol. The molecule has 16 heterocycles. The van der Waals surface area contributed by atoms with E-state index < -0.39 is 12.0 Å². The van der Waals surface area contributed by atoms with Crippen LogP contribution < -0.4 is 48.0 Å². The van der Waals surface area contributed by atoms with Crippen molar-refractivity contribution in [2.75, 3.05) is 29.0 Å². The highest BCUT2D eigenvalue weighted by atomic mass is 16.3. The number of unbranched alkanes of at least 4 members (excludes halogenated alkanes) is 5. The third-order valence-electron chi connectivity index (χ3n) is 31.4. The van der Waals surface area contributed by atoms with E-state index in [4.69, 9.17) is 61.5 Å². The van der Waals surface area contributed by atoms with Crippen LogP contribution in [0.5, 0.6) is 0 Å². The fourth-order valence-corrected chi connectivity index (χ4v) is 21.6. The van der Waals surface area contributed by atoms with E-state index in [9.17, 15) is 14.7 Å². The molecular formula is C118H178N22O5-2. The minimum absolute atomic E-state index is 0. The Hall–Kier alpha value is -10.9. The van der Waals surface area contributed by atoms with Crippen molar-refractivity contribution >= 4 is 75.2 Å². The molecule has 23 atom stereocenters. The Labute approximate surface area is 869 Å². The number of aromatic amines is 1. The number of hydrogen-bond acceptors (Lipinski definition) is 26. The fraction of sp³-hybridized carbons (Fsp3) is 0.669. The summed E-state index contributed by atoms with van der Waals surface area (Å²) in [5.41, 5.74) is 11.7. The Morgan fingerprint density at radius 3 is 1.85 bits per heavy atom. The van der Waals surface area contributed by atoms with Gasteiger partial charge in [-0.15, -0.1) is 0 Å². The van der Waals surface area contributed by atoms with Crippen LogP contribution in [-0.2, 0) is 30.5 Å². The smallest absolute Gasteiger partial charge is 0.192 e. The van der Waals surface area contributed by atoms with Crippen molar-refractivity contribution in [2.24, 2.45) is 125 Å². The van der Waals surface area contributed by atoms with E-state index >= 15 is 0 Å². The maximum Gasteiger partial charge on any atom is 0.192 e. The molecule has 19 unspecified atom stereocenters. The van der Waals surface area contributed by atoms with E-state index in [1.165, 1.54) is 132 Å². The normalized spacial score (nSPS) is 26.8. The molecule has 12 aliphatic rings. The Morgan fingerprint density at radius 2 is 1.26 bits per heavy atom. The second-order valence-electron chi connectivity index (χ2n) is 42.0. The third-order valence-corrected chi connectivity index (χ3v) is 31.4. The van der Waals surface area contributed by atoms with Gasteiger partial charge in [-0.25, -0.2) is 29.9 Å². The third kappa shape index (κ3) is 33.3. The van der Waals surface area contributed by atoms with Gasteiger partial charge in [-0.1, -0.05) is 200 Å². The van der Waals surface area contributed by atoms with E-state index in [0.29, 0.717) is 115 Å². The van der Waals surface area contributed by atoms with Crippen molar-refractivity contribution in [3.63, 3.8) is 0 Å². The van der Waals surface area contributed by atoms with Gasteiger partial charge in [-0.3, -0.25) is 24.6 Å². The van der Waals surface area contributed by atoms with Gasteiger partial charge in [0.25, 0.3) is 0 Å². The number of nitrogens with one attached hydrogen (secondary N) is 7. The molecule has 12 aliphatic heterocycles. The number of allylic oxidation sites excluding steroid dienone is 7. The molecule has 27 nitrogen and oxygen atoms in total. The number of aryl methyl sites for hydroxylation is 2. The van der Waals surface area contributed by atoms with Gasteiger partial charge in [0.15, 0.2) is 22.3 Å². The van der Waals surface area contributed by atoms with Gasteiger partial charge in [0, 0.05) is 117 Å². The minimum atomic E-state index is -0.715. The molecule has 0 aliphatic carbocycles. The van der Waals surface area contributed by atoms with E-state index in [1.54, 1.807) is 19.9 Å². The summed E-state index contributed by atoms with van der Waals surface area (Å²) in [6.07, 6.45) is 38.8. The van der Waals surface area contributed by atoms with Crippen LogP contribution in [0.2, 0.25) is 0 Å². The van der Waals surface area contributed by atoms with Crippen molar-refractivity contribution in [3.05, 3.63) is 119 Å². The number of fused-ring (bicyclic) bond motifs is 12. The van der Waals surface area contributed by atoms with Gasteiger partial charge in [-0.05, 0) is 266 Å². The Balaban J connectivity index is 0.000000300. The summed E-state index contributed by atoms with van der Waals surface area (Å²) in [6, 6.07) is 20.4. The van der Waals surface area contributed by atoms with Crippen LogP contribution in [0.15, 0.2) is 99.5 Å². The molecule has 3 fully saturated rings. The molecule has 0 radical (unpaired) electrons. The number of amidine groups is 4. The van der Waals surface area contributed by atoms with Crippen molar-refractivity contribution < 1.29 is 20.9 Å². The molecule has 0 bridgehead atoms. The maximum absolute atomic E-state index is 14.3. The van der Waals surface area contributed by atoms with E-state index in [1.807, 2.05) is 39.0 Å². The molecule has 3 saturated heterocycles. The van der Waals surface area contributed by atoms with Crippen molar-refractivity contribution in [1.82, 2.24) is 35.9 Å². The Bertz CT molecular complexity index is 5640. The molecule has 145 heavy (non-hydrogen) atoms. The lowest BCUT2D eigenvalue weighted by atomic mass is 9.69. The van der Waals surface area contributed by atoms with Crippen LogP contribution >= 0.6 is 0 Å². The van der Waals surface area contributed by atoms with Crippen LogP contribution in [0, 0.1) is 170 Å². The number of nitriles is 6. The standard InChI is InChI=1S/C44H62N10O3.C17H27N3.C17H19N3.C12H11N3.C11H15N3.C5H12.3C4H10.2H2O/c1-6-23-10-22(17-45-20(23)4)8-19(3)9-29-18-46-44-33(34(29)55)36(57)32-16-28-13-26-11-25-12-27-15-31-35(56)30-14-24(7-2)21(5)47-41(30)53-42(31)51-39(27)49-37(25)48-38(26)50-40(28)52-43(32)54-44;2*1-5-12-7-14-9-15-8-13(6-2)11(4)19-17(15)20-16(14)18-10(12)3;1-3-10(7-13)5-12(9-15)6-11(4-2)8-14;1-3-10(7-13)5-11(8-14)4-9(2)6-12;1-3-5-4-2;3*1-3-4-2;;/h12,19-24,26,28-29,32-34,38,43,45,55H,6-11,13-18H2,1-5H3,(H,46,54)(H,50,52)(H4,47,48,49,51,53,56);10,12-15H,5-9H2,1-4H3;5,7-10H,6H2,1-4H3;3,5-6H,4H2,1-2H3;9-11H,3-5H2,1-2H3;3-5H2,1-2H3;3*3-4H2,1-2H3;2*1H2/p-2/b;;12-5-;10-3-,11-6-,12-5-;;;;;;;/t19?,20-,21+,22?,23?,24?,26?,28?,29?,32?,33?,34?,38?,43?;10-,12?,13?,14?,15?;10-;;;;;;;;/m000......../s1. The zero-order chi connectivity index (χ0) is 105. The first-order valence-electron chi connectivity index (χ1n) is 55.3. The summed E-state index contributed by atoms with van der Waals surface area (Å²) in [5, 5.41) is 87.9. The van der Waals surface area contributed by atoms with Crippen molar-refractivity contribution in [1.29, 1.82) is 31.6 Å². The number of H-pyrrole nitrogens is 1. The Morgan fingerprint density at radius 1 is 0.593 bits per heavy atom. The van der Waals surface area contributed by atoms with E-state index in [2.05, 4.69) is 239 Å². The van der Waals surface area contributed by atoms with E-state index in [-0.39, 0.29) is 82.0 Å². The SMILES string of the molecule is C/C=C(C#N)/C=C(C#N)/C=C(\C#N)CC.C/C=C1/C=c2cc3cc(CC)c(C)nc3nc2=N[C@H]1C.CCC(C#N)CC(C#N)CC(C)C#N.CCC1CC(CC(C)CC2CN=C3NC4NC5=NC6Nc7nc8c(cc7CC6CC5CC4C(=O)C3C2O)Cc2c([nH]c3c(c2=O)CC(CC)[C@@H](C)N3)N8)CN[C@H]1C.CCC1CC2CC3CC(CC)[C@H](C)N=C3N=C2N=C1C.CCCC.CCCC.CCCC.CCCCC.[OH-].[OH-].